The van der Waals surface area contributed by atoms with Crippen molar-refractivity contribution in [2.45, 2.75) is 129 Å². The van der Waals surface area contributed by atoms with Gasteiger partial charge in [0.05, 0.1) is 0 Å². The molecule has 0 aromatic heterocycles. The molecule has 23 heavy (non-hydrogen) atoms. The molecule has 0 saturated carbocycles. The SMILES string of the molecule is CCCCC[Si](C)(CCCC)O[Si](C)(CCCC)CCCCC. The van der Waals surface area contributed by atoms with E-state index < -0.39 is 16.6 Å². The van der Waals surface area contributed by atoms with E-state index in [2.05, 4.69) is 40.8 Å². The normalized spacial score (nSPS) is 17.0. The van der Waals surface area contributed by atoms with Gasteiger partial charge >= 0.3 is 0 Å². The summed E-state index contributed by atoms with van der Waals surface area (Å²) in [7, 11) is -2.98. The molecule has 0 spiro atoms. The lowest BCUT2D eigenvalue weighted by Crippen LogP contribution is -2.48. The van der Waals surface area contributed by atoms with Crippen molar-refractivity contribution in [3.63, 3.8) is 0 Å². The molecule has 0 bridgehead atoms. The van der Waals surface area contributed by atoms with Gasteiger partial charge in [-0.05, 0) is 37.3 Å². The van der Waals surface area contributed by atoms with Gasteiger partial charge in [-0.3, -0.25) is 0 Å². The molecule has 0 amide bonds. The highest BCUT2D eigenvalue weighted by molar-refractivity contribution is 6.86. The van der Waals surface area contributed by atoms with E-state index in [-0.39, 0.29) is 0 Å². The van der Waals surface area contributed by atoms with Crippen LogP contribution >= 0.6 is 0 Å². The van der Waals surface area contributed by atoms with E-state index in [1.54, 1.807) is 0 Å². The summed E-state index contributed by atoms with van der Waals surface area (Å²) in [5.74, 6) is 0. The molecule has 1 nitrogen and oxygen atoms in total. The second kappa shape index (κ2) is 13.7. The van der Waals surface area contributed by atoms with E-state index in [1.165, 1.54) is 88.4 Å². The second-order valence-corrected chi connectivity index (χ2v) is 16.7. The van der Waals surface area contributed by atoms with Gasteiger partial charge in [-0.1, -0.05) is 91.9 Å². The van der Waals surface area contributed by atoms with Gasteiger partial charge in [0.15, 0.2) is 16.6 Å². The number of hydrogen-bond acceptors (Lipinski definition) is 1. The van der Waals surface area contributed by atoms with Crippen LogP contribution in [0.3, 0.4) is 0 Å². The molecule has 0 aromatic rings. The zero-order valence-electron chi connectivity index (χ0n) is 17.3. The highest BCUT2D eigenvalue weighted by Crippen LogP contribution is 2.32. The lowest BCUT2D eigenvalue weighted by Gasteiger charge is -2.39. The third-order valence-corrected chi connectivity index (χ3v) is 14.8. The van der Waals surface area contributed by atoms with Gasteiger partial charge in [0.1, 0.15) is 0 Å². The summed E-state index contributed by atoms with van der Waals surface area (Å²) in [6.07, 6.45) is 13.6. The molecule has 140 valence electrons. The maximum atomic E-state index is 7.20. The van der Waals surface area contributed by atoms with Gasteiger partial charge < -0.3 is 4.12 Å². The average Bonchev–Trinajstić information content (AvgIpc) is 2.52. The van der Waals surface area contributed by atoms with Gasteiger partial charge in [0, 0.05) is 0 Å². The van der Waals surface area contributed by atoms with Crippen LogP contribution in [0.4, 0.5) is 0 Å². The monoisotopic (exact) mass is 358 g/mol. The number of rotatable bonds is 16. The molecular formula is C20H46OSi2. The molecule has 0 saturated heterocycles. The fourth-order valence-electron chi connectivity index (χ4n) is 3.65. The molecule has 3 heteroatoms. The topological polar surface area (TPSA) is 9.23 Å². The predicted octanol–water partition coefficient (Wildman–Crippen LogP) is 8.13. The van der Waals surface area contributed by atoms with Crippen molar-refractivity contribution in [3.05, 3.63) is 0 Å². The van der Waals surface area contributed by atoms with Crippen molar-refractivity contribution in [1.82, 2.24) is 0 Å². The number of unbranched alkanes of at least 4 members (excludes halogenated alkanes) is 6. The first kappa shape index (κ1) is 23.4. The standard InChI is InChI=1S/C20H46OSi2/c1-7-11-15-19-22(5,17-13-9-3)21-23(6,18-14-10-4)20-16-12-8-2/h7-20H2,1-6H3. The van der Waals surface area contributed by atoms with E-state index in [0.717, 1.165) is 0 Å². The molecule has 0 aliphatic rings. The van der Waals surface area contributed by atoms with Crippen molar-refractivity contribution < 1.29 is 4.12 Å². The van der Waals surface area contributed by atoms with Crippen LogP contribution in [0, 0.1) is 0 Å². The van der Waals surface area contributed by atoms with Crippen LogP contribution in [0.1, 0.15) is 91.9 Å². The van der Waals surface area contributed by atoms with E-state index in [1.807, 2.05) is 0 Å². The lowest BCUT2D eigenvalue weighted by atomic mass is 10.3. The lowest BCUT2D eigenvalue weighted by molar-refractivity contribution is 0.498. The van der Waals surface area contributed by atoms with Crippen molar-refractivity contribution in [1.29, 1.82) is 0 Å². The fraction of sp³-hybridized carbons (Fsp3) is 1.00. The van der Waals surface area contributed by atoms with Crippen molar-refractivity contribution in [2.75, 3.05) is 0 Å². The zero-order valence-corrected chi connectivity index (χ0v) is 19.3. The molecule has 0 rings (SSSR count). The van der Waals surface area contributed by atoms with Gasteiger partial charge in [-0.15, -0.1) is 0 Å². The van der Waals surface area contributed by atoms with Gasteiger partial charge in [-0.2, -0.15) is 0 Å². The van der Waals surface area contributed by atoms with Crippen molar-refractivity contribution in [2.24, 2.45) is 0 Å². The first-order chi connectivity index (χ1) is 10.9. The van der Waals surface area contributed by atoms with Crippen LogP contribution in [-0.2, 0) is 4.12 Å². The minimum absolute atomic E-state index is 1.32. The van der Waals surface area contributed by atoms with Crippen LogP contribution in [0.15, 0.2) is 0 Å². The minimum Gasteiger partial charge on any atom is -0.455 e. The van der Waals surface area contributed by atoms with Crippen LogP contribution in [0.25, 0.3) is 0 Å². The Morgan fingerprint density at radius 3 is 1.09 bits per heavy atom. The van der Waals surface area contributed by atoms with E-state index in [4.69, 9.17) is 4.12 Å². The quantitative estimate of drug-likeness (QED) is 0.200. The Balaban J connectivity index is 4.83. The summed E-state index contributed by atoms with van der Waals surface area (Å²) < 4.78 is 7.20. The Bertz CT molecular complexity index is 246. The summed E-state index contributed by atoms with van der Waals surface area (Å²) >= 11 is 0. The maximum Gasteiger partial charge on any atom is 0.176 e. The summed E-state index contributed by atoms with van der Waals surface area (Å²) in [4.78, 5) is 0. The smallest absolute Gasteiger partial charge is 0.176 e. The Kier molecular flexibility index (Phi) is 13.9. The fourth-order valence-corrected chi connectivity index (χ4v) is 14.7. The molecule has 0 heterocycles. The predicted molar refractivity (Wildman–Crippen MR) is 112 cm³/mol. The third kappa shape index (κ3) is 11.6. The molecular weight excluding hydrogens is 312 g/mol. The molecule has 0 aliphatic carbocycles. The van der Waals surface area contributed by atoms with Crippen LogP contribution in [0.2, 0.25) is 37.3 Å². The first-order valence-electron chi connectivity index (χ1n) is 10.7. The first-order valence-corrected chi connectivity index (χ1v) is 16.3. The zero-order chi connectivity index (χ0) is 17.6. The van der Waals surface area contributed by atoms with E-state index >= 15 is 0 Å². The van der Waals surface area contributed by atoms with Crippen molar-refractivity contribution in [3.8, 4) is 0 Å². The highest BCUT2D eigenvalue weighted by Gasteiger charge is 2.38. The molecule has 0 N–H and O–H groups in total. The Hall–Kier alpha value is 0.394. The largest absolute Gasteiger partial charge is 0.455 e. The Morgan fingerprint density at radius 1 is 0.478 bits per heavy atom. The average molecular weight is 359 g/mol. The van der Waals surface area contributed by atoms with Crippen LogP contribution in [-0.4, -0.2) is 16.6 Å². The Labute approximate surface area is 150 Å². The van der Waals surface area contributed by atoms with E-state index in [9.17, 15) is 0 Å². The molecule has 0 fully saturated rings. The van der Waals surface area contributed by atoms with E-state index in [0.29, 0.717) is 0 Å². The Morgan fingerprint density at radius 2 is 0.783 bits per heavy atom. The molecule has 2 atom stereocenters. The minimum atomic E-state index is -1.49. The van der Waals surface area contributed by atoms with Gasteiger partial charge in [0.25, 0.3) is 0 Å². The summed E-state index contributed by atoms with van der Waals surface area (Å²) in [6.45, 7) is 14.4. The highest BCUT2D eigenvalue weighted by atomic mass is 28.4. The summed E-state index contributed by atoms with van der Waals surface area (Å²) in [6, 6.07) is 5.61. The van der Waals surface area contributed by atoms with Crippen molar-refractivity contribution >= 4 is 16.6 Å². The molecule has 0 aromatic carbocycles. The summed E-state index contributed by atoms with van der Waals surface area (Å²) in [5.41, 5.74) is 0. The van der Waals surface area contributed by atoms with Crippen LogP contribution < -0.4 is 0 Å². The second-order valence-electron chi connectivity index (χ2n) is 8.12. The maximum absolute atomic E-state index is 7.20. The third-order valence-electron chi connectivity index (χ3n) is 5.23. The molecule has 2 unspecified atom stereocenters. The number of hydrogen-bond donors (Lipinski definition) is 0. The molecule has 0 radical (unpaired) electrons. The molecule has 0 aliphatic heterocycles. The van der Waals surface area contributed by atoms with Crippen LogP contribution in [0.5, 0.6) is 0 Å². The summed E-state index contributed by atoms with van der Waals surface area (Å²) in [5, 5.41) is 0. The van der Waals surface area contributed by atoms with Gasteiger partial charge in [-0.25, -0.2) is 0 Å². The van der Waals surface area contributed by atoms with Gasteiger partial charge in [0.2, 0.25) is 0 Å².